The van der Waals surface area contributed by atoms with Crippen LogP contribution in [0.3, 0.4) is 0 Å². The molecule has 2 aromatic rings. The van der Waals surface area contributed by atoms with Gasteiger partial charge in [0.1, 0.15) is 6.61 Å². The molecule has 0 amide bonds. The van der Waals surface area contributed by atoms with Crippen molar-refractivity contribution in [2.24, 2.45) is 0 Å². The lowest BCUT2D eigenvalue weighted by molar-refractivity contribution is 0.350. The number of aliphatic hydroxyl groups is 1. The molecule has 19 heavy (non-hydrogen) atoms. The van der Waals surface area contributed by atoms with E-state index in [4.69, 9.17) is 16.7 Å². The molecule has 2 rings (SSSR count). The summed E-state index contributed by atoms with van der Waals surface area (Å²) < 4.78 is 0. The fourth-order valence-electron chi connectivity index (χ4n) is 1.60. The van der Waals surface area contributed by atoms with Gasteiger partial charge in [-0.05, 0) is 35.9 Å². The molecule has 0 aliphatic heterocycles. The van der Waals surface area contributed by atoms with E-state index in [-0.39, 0.29) is 6.61 Å². The van der Waals surface area contributed by atoms with Gasteiger partial charge in [0, 0.05) is 21.2 Å². The van der Waals surface area contributed by atoms with Gasteiger partial charge in [-0.25, -0.2) is 0 Å². The van der Waals surface area contributed by atoms with E-state index in [2.05, 4.69) is 17.9 Å². The highest BCUT2D eigenvalue weighted by molar-refractivity contribution is 7.98. The van der Waals surface area contributed by atoms with Crippen molar-refractivity contribution in [2.45, 2.75) is 10.6 Å². The average Bonchev–Trinajstić information content (AvgIpc) is 2.43. The van der Waals surface area contributed by atoms with E-state index in [0.717, 1.165) is 21.2 Å². The number of thioether (sulfide) groups is 1. The maximum absolute atomic E-state index is 8.68. The van der Waals surface area contributed by atoms with E-state index < -0.39 is 0 Å². The number of hydrogen-bond acceptors (Lipinski definition) is 2. The highest BCUT2D eigenvalue weighted by Crippen LogP contribution is 2.25. The Hall–Kier alpha value is -1.40. The van der Waals surface area contributed by atoms with Crippen LogP contribution in [0.5, 0.6) is 0 Å². The Balaban J connectivity index is 2.03. The third kappa shape index (κ3) is 4.65. The summed E-state index contributed by atoms with van der Waals surface area (Å²) in [6.45, 7) is -0.110. The lowest BCUT2D eigenvalue weighted by atomic mass is 10.1. The van der Waals surface area contributed by atoms with Gasteiger partial charge in [-0.2, -0.15) is 0 Å². The molecule has 96 valence electrons. The van der Waals surface area contributed by atoms with Gasteiger partial charge >= 0.3 is 0 Å². The van der Waals surface area contributed by atoms with Crippen LogP contribution < -0.4 is 0 Å². The van der Waals surface area contributed by atoms with Gasteiger partial charge in [-0.15, -0.1) is 11.8 Å². The lowest BCUT2D eigenvalue weighted by Gasteiger charge is -2.03. The Morgan fingerprint density at radius 2 is 1.95 bits per heavy atom. The monoisotopic (exact) mass is 288 g/mol. The Morgan fingerprint density at radius 3 is 2.74 bits per heavy atom. The molecule has 0 aliphatic rings. The standard InChI is InChI=1S/C16H13ClOS/c17-15-7-2-8-16(11-15)19-12-14-5-1-4-13(10-14)6-3-9-18/h1-2,4-5,7-8,10-11,18H,9,12H2. The molecule has 0 aliphatic carbocycles. The summed E-state index contributed by atoms with van der Waals surface area (Å²) >= 11 is 7.69. The van der Waals surface area contributed by atoms with Crippen molar-refractivity contribution < 1.29 is 5.11 Å². The van der Waals surface area contributed by atoms with Crippen LogP contribution in [0.15, 0.2) is 53.4 Å². The van der Waals surface area contributed by atoms with Crippen LogP contribution in [-0.4, -0.2) is 11.7 Å². The van der Waals surface area contributed by atoms with Crippen molar-refractivity contribution in [3.63, 3.8) is 0 Å². The summed E-state index contributed by atoms with van der Waals surface area (Å²) in [6.07, 6.45) is 0. The minimum absolute atomic E-state index is 0.110. The molecular formula is C16H13ClOS. The molecular weight excluding hydrogens is 276 g/mol. The predicted molar refractivity (Wildman–Crippen MR) is 81.4 cm³/mol. The fourth-order valence-corrected chi connectivity index (χ4v) is 2.76. The van der Waals surface area contributed by atoms with Crippen molar-refractivity contribution in [2.75, 3.05) is 6.61 Å². The molecule has 0 atom stereocenters. The first-order chi connectivity index (χ1) is 9.28. The zero-order valence-electron chi connectivity index (χ0n) is 10.3. The molecule has 0 saturated carbocycles. The van der Waals surface area contributed by atoms with Crippen molar-refractivity contribution in [1.82, 2.24) is 0 Å². The first-order valence-corrected chi connectivity index (χ1v) is 7.21. The van der Waals surface area contributed by atoms with E-state index in [1.165, 1.54) is 5.56 Å². The van der Waals surface area contributed by atoms with Gasteiger partial charge in [0.2, 0.25) is 0 Å². The Kier molecular flexibility index (Phi) is 5.35. The van der Waals surface area contributed by atoms with Crippen LogP contribution in [0.4, 0.5) is 0 Å². The number of benzene rings is 2. The maximum Gasteiger partial charge on any atom is 0.104 e. The van der Waals surface area contributed by atoms with Crippen LogP contribution >= 0.6 is 23.4 Å². The van der Waals surface area contributed by atoms with E-state index in [9.17, 15) is 0 Å². The summed E-state index contributed by atoms with van der Waals surface area (Å²) in [6, 6.07) is 15.9. The number of hydrogen-bond donors (Lipinski definition) is 1. The number of aliphatic hydroxyl groups excluding tert-OH is 1. The molecule has 0 radical (unpaired) electrons. The molecule has 0 heterocycles. The zero-order valence-corrected chi connectivity index (χ0v) is 11.8. The van der Waals surface area contributed by atoms with Crippen molar-refractivity contribution in [3.05, 3.63) is 64.7 Å². The molecule has 1 N–H and O–H groups in total. The van der Waals surface area contributed by atoms with Crippen LogP contribution in [0.25, 0.3) is 0 Å². The van der Waals surface area contributed by atoms with E-state index in [1.54, 1.807) is 11.8 Å². The molecule has 0 spiro atoms. The molecule has 0 unspecified atom stereocenters. The summed E-state index contributed by atoms with van der Waals surface area (Å²) in [7, 11) is 0. The largest absolute Gasteiger partial charge is 0.384 e. The molecule has 1 nitrogen and oxygen atoms in total. The summed E-state index contributed by atoms with van der Waals surface area (Å²) in [4.78, 5) is 1.15. The van der Waals surface area contributed by atoms with Crippen molar-refractivity contribution in [3.8, 4) is 11.8 Å². The van der Waals surface area contributed by atoms with Gasteiger partial charge in [0.15, 0.2) is 0 Å². The Morgan fingerprint density at radius 1 is 1.11 bits per heavy atom. The lowest BCUT2D eigenvalue weighted by Crippen LogP contribution is -1.83. The second-order valence-corrected chi connectivity index (χ2v) is 5.39. The van der Waals surface area contributed by atoms with Gasteiger partial charge in [0.05, 0.1) is 0 Å². The second kappa shape index (κ2) is 7.25. The third-order valence-electron chi connectivity index (χ3n) is 2.44. The van der Waals surface area contributed by atoms with Crippen LogP contribution in [0, 0.1) is 11.8 Å². The van der Waals surface area contributed by atoms with E-state index >= 15 is 0 Å². The Labute approximate surface area is 122 Å². The minimum atomic E-state index is -0.110. The molecule has 3 heteroatoms. The number of halogens is 1. The highest BCUT2D eigenvalue weighted by Gasteiger charge is 1.98. The molecule has 0 fully saturated rings. The van der Waals surface area contributed by atoms with Crippen LogP contribution in [-0.2, 0) is 5.75 Å². The van der Waals surface area contributed by atoms with E-state index in [1.807, 2.05) is 42.5 Å². The summed E-state index contributed by atoms with van der Waals surface area (Å²) in [5, 5.41) is 9.44. The molecule has 0 saturated heterocycles. The maximum atomic E-state index is 8.68. The number of rotatable bonds is 3. The minimum Gasteiger partial charge on any atom is -0.384 e. The van der Waals surface area contributed by atoms with Gasteiger partial charge in [-0.3, -0.25) is 0 Å². The molecule has 0 aromatic heterocycles. The summed E-state index contributed by atoms with van der Waals surface area (Å²) in [5.41, 5.74) is 2.13. The SMILES string of the molecule is OCC#Cc1cccc(CSc2cccc(Cl)c2)c1. The predicted octanol–water partition coefficient (Wildman–Crippen LogP) is 3.98. The molecule has 2 aromatic carbocycles. The van der Waals surface area contributed by atoms with Crippen molar-refractivity contribution in [1.29, 1.82) is 0 Å². The quantitative estimate of drug-likeness (QED) is 0.681. The average molecular weight is 289 g/mol. The van der Waals surface area contributed by atoms with Gasteiger partial charge in [0.25, 0.3) is 0 Å². The zero-order chi connectivity index (χ0) is 13.5. The highest BCUT2D eigenvalue weighted by atomic mass is 35.5. The fraction of sp³-hybridized carbons (Fsp3) is 0.125. The van der Waals surface area contributed by atoms with Crippen LogP contribution in [0.2, 0.25) is 5.02 Å². The molecule has 0 bridgehead atoms. The van der Waals surface area contributed by atoms with Gasteiger partial charge in [-0.1, -0.05) is 41.6 Å². The first kappa shape index (κ1) is 14.0. The van der Waals surface area contributed by atoms with E-state index in [0.29, 0.717) is 0 Å². The third-order valence-corrected chi connectivity index (χ3v) is 3.74. The Bertz CT molecular complexity index is 613. The van der Waals surface area contributed by atoms with Crippen LogP contribution in [0.1, 0.15) is 11.1 Å². The normalized spacial score (nSPS) is 9.79. The second-order valence-electron chi connectivity index (χ2n) is 3.91. The topological polar surface area (TPSA) is 20.2 Å². The smallest absolute Gasteiger partial charge is 0.104 e. The first-order valence-electron chi connectivity index (χ1n) is 5.85. The van der Waals surface area contributed by atoms with Gasteiger partial charge < -0.3 is 5.11 Å². The van der Waals surface area contributed by atoms with Crippen molar-refractivity contribution >= 4 is 23.4 Å². The summed E-state index contributed by atoms with van der Waals surface area (Å²) in [5.74, 6) is 6.44.